The average molecular weight is 1090 g/mol. The maximum absolute atomic E-state index is 14.0. The summed E-state index contributed by atoms with van der Waals surface area (Å²) in [6.45, 7) is 18.0. The summed E-state index contributed by atoms with van der Waals surface area (Å²) in [4.78, 5) is 0. The molecule has 0 unspecified atom stereocenters. The van der Waals surface area contributed by atoms with E-state index in [0.29, 0.717) is 5.75 Å². The van der Waals surface area contributed by atoms with Gasteiger partial charge in [-0.15, -0.1) is 29.8 Å². The second-order valence-corrected chi connectivity index (χ2v) is 14.6. The zero-order valence-corrected chi connectivity index (χ0v) is 40.8. The van der Waals surface area contributed by atoms with E-state index in [1.54, 1.807) is 0 Å². The molecule has 0 fully saturated rings. The summed E-state index contributed by atoms with van der Waals surface area (Å²) in [5.74, 6) is 0.398. The van der Waals surface area contributed by atoms with Crippen molar-refractivity contribution in [3.05, 3.63) is 269 Å². The third-order valence-corrected chi connectivity index (χ3v) is 10.9. The van der Waals surface area contributed by atoms with Gasteiger partial charge in [-0.2, -0.15) is 5.75 Å². The summed E-state index contributed by atoms with van der Waals surface area (Å²) in [6, 6.07) is 81.4. The van der Waals surface area contributed by atoms with Crippen LogP contribution in [0.4, 0.5) is 0 Å². The van der Waals surface area contributed by atoms with Crippen LogP contribution in [0.1, 0.15) is 1.43 Å². The van der Waals surface area contributed by atoms with Crippen molar-refractivity contribution in [1.82, 2.24) is 0 Å². The van der Waals surface area contributed by atoms with Crippen LogP contribution in [-0.2, 0) is 57.6 Å². The van der Waals surface area contributed by atoms with E-state index < -0.39 is 0 Å². The van der Waals surface area contributed by atoms with Gasteiger partial charge in [0.05, 0.1) is 5.75 Å². The fourth-order valence-corrected chi connectivity index (χ4v) is 8.32. The van der Waals surface area contributed by atoms with Gasteiger partial charge >= 0.3 is 84.2 Å². The van der Waals surface area contributed by atoms with Gasteiger partial charge in [0, 0.05) is 0 Å². The third-order valence-electron chi connectivity index (χ3n) is 10.9. The molecule has 0 amide bonds. The second-order valence-electron chi connectivity index (χ2n) is 14.6. The smallest absolute Gasteiger partial charge is 1.00 e. The van der Waals surface area contributed by atoms with Gasteiger partial charge < -0.3 is 11.6 Å². The minimum Gasteiger partial charge on any atom is -1.00 e. The van der Waals surface area contributed by atoms with E-state index in [1.807, 2.05) is 170 Å². The number of rotatable bonds is 8. The molecule has 0 radical (unpaired) electrons. The van der Waals surface area contributed by atoms with Gasteiger partial charge in [-0.05, 0) is 16.7 Å². The van der Waals surface area contributed by atoms with Crippen LogP contribution in [0.25, 0.3) is 89.0 Å². The zero-order chi connectivity index (χ0) is 48.7. The van der Waals surface area contributed by atoms with Crippen molar-refractivity contribution in [3.63, 3.8) is 0 Å². The fraction of sp³-hybridized carbons (Fsp3) is 0. The van der Waals surface area contributed by atoms with Crippen molar-refractivity contribution in [2.45, 2.75) is 0 Å². The Morgan fingerprint density at radius 1 is 0.300 bits per heavy atom. The molecule has 0 aliphatic rings. The van der Waals surface area contributed by atoms with Crippen molar-refractivity contribution in [2.24, 2.45) is 0 Å². The Morgan fingerprint density at radius 3 is 0.829 bits per heavy atom. The van der Waals surface area contributed by atoms with Gasteiger partial charge in [0.25, 0.3) is 0 Å². The zero-order valence-electron chi connectivity index (χ0n) is 38.3. The Balaban J connectivity index is 0.000000412. The van der Waals surface area contributed by atoms with E-state index >= 15 is 0 Å². The summed E-state index contributed by atoms with van der Waals surface area (Å²) in [5, 5.41) is 25.6. The largest absolute Gasteiger partial charge is 2.00 e. The predicted octanol–water partition coefficient (Wildman–Crippen LogP) is 14.9. The molecule has 0 aliphatic carbocycles. The Labute approximate surface area is 436 Å². The van der Waals surface area contributed by atoms with Crippen LogP contribution in [0, 0.1) is 26.6 Å². The summed E-state index contributed by atoms with van der Waals surface area (Å²) in [7, 11) is 0. The monoisotopic (exact) mass is 1090 g/mol. The first kappa shape index (κ1) is 56.6. The van der Waals surface area contributed by atoms with E-state index in [2.05, 4.69) is 99.4 Å². The first-order valence-corrected chi connectivity index (χ1v) is 21.0. The van der Waals surface area contributed by atoms with Gasteiger partial charge in [0.1, 0.15) is 0 Å². The van der Waals surface area contributed by atoms with Crippen LogP contribution in [-0.4, -0.2) is 5.11 Å². The van der Waals surface area contributed by atoms with E-state index in [0.717, 1.165) is 89.0 Å². The van der Waals surface area contributed by atoms with Gasteiger partial charge in [-0.1, -0.05) is 285 Å². The van der Waals surface area contributed by atoms with Crippen LogP contribution in [0.2, 0.25) is 0 Å². The Hall–Kier alpha value is -7.73. The van der Waals surface area contributed by atoms with Crippen LogP contribution >= 0.6 is 0 Å². The molecule has 0 saturated heterocycles. The van der Waals surface area contributed by atoms with Crippen molar-refractivity contribution >= 4 is 0 Å². The van der Waals surface area contributed by atoms with Gasteiger partial charge in [-0.3, -0.25) is 0 Å². The molecular formula is C62H42O6Ru2. The SMILES string of the molecule is Oc1c(-c2ccccc2)c(-c2ccccc2)c(-c2ccccc2)[c-]1-c1ccccc1.[C-]#[O+].[C-]#[O+].[C-]#[O+].[C-]#[O+].[H-].[O-]c1c(-c2ccccc2)c(-c2ccccc2)c(-c2ccccc2)[c-]1-c1ccccc1.[Ru+2].[Ru+2]. The molecule has 0 atom stereocenters. The van der Waals surface area contributed by atoms with Gasteiger partial charge in [-0.25, -0.2) is 0 Å². The summed E-state index contributed by atoms with van der Waals surface area (Å²) in [6.07, 6.45) is 0. The summed E-state index contributed by atoms with van der Waals surface area (Å²) in [5.41, 5.74) is 15.6. The van der Waals surface area contributed by atoms with Gasteiger partial charge in [0.2, 0.25) is 0 Å². The standard InChI is InChI=1S/2C29H21O.4CO.2Ru.H/c2*30-29-27(23-17-9-3-10-18-23)25(21-13-5-1-6-14-21)26(22-15-7-2-8-16-22)28(29)24-19-11-4-12-20-24;4*1-2;;;/h2*1-20,30H;;;;;;;/q2*-1;;;;;2*+2;-1/p-1. The van der Waals surface area contributed by atoms with E-state index in [1.165, 1.54) is 0 Å². The molecule has 1 N–H and O–H groups in total. The molecule has 10 rings (SSSR count). The normalized spacial score (nSPS) is 9.37. The van der Waals surface area contributed by atoms with Gasteiger partial charge in [0.15, 0.2) is 0 Å². The maximum atomic E-state index is 14.0. The fourth-order valence-electron chi connectivity index (χ4n) is 8.32. The van der Waals surface area contributed by atoms with Crippen molar-refractivity contribution in [1.29, 1.82) is 0 Å². The average Bonchev–Trinajstić information content (AvgIpc) is 3.93. The molecule has 0 heterocycles. The van der Waals surface area contributed by atoms with E-state index in [4.69, 9.17) is 18.6 Å². The third kappa shape index (κ3) is 12.9. The number of hydrogen-bond donors (Lipinski definition) is 1. The molecule has 0 spiro atoms. The van der Waals surface area contributed by atoms with Crippen LogP contribution < -0.4 is 5.11 Å². The number of aromatic hydroxyl groups is 1. The molecule has 6 nitrogen and oxygen atoms in total. The Morgan fingerprint density at radius 2 is 0.514 bits per heavy atom. The van der Waals surface area contributed by atoms with Crippen molar-refractivity contribution in [3.8, 4) is 101 Å². The van der Waals surface area contributed by atoms with Crippen molar-refractivity contribution < 1.29 is 69.2 Å². The molecular weight excluding hydrogens is 1040 g/mol. The van der Waals surface area contributed by atoms with E-state index in [9.17, 15) is 10.2 Å². The molecule has 10 aromatic rings. The minimum absolute atomic E-state index is 0. The summed E-state index contributed by atoms with van der Waals surface area (Å²) >= 11 is 0. The molecule has 0 bridgehead atoms. The number of hydrogen-bond acceptors (Lipinski definition) is 2. The topological polar surface area (TPSA) is 123 Å². The van der Waals surface area contributed by atoms with Crippen molar-refractivity contribution in [2.75, 3.05) is 0 Å². The van der Waals surface area contributed by atoms with Crippen LogP contribution in [0.3, 0.4) is 0 Å². The quantitative estimate of drug-likeness (QED) is 0.0925. The molecule has 10 aromatic carbocycles. The molecule has 0 aromatic heterocycles. The minimum atomic E-state index is 0. The Kier molecular flexibility index (Phi) is 24.2. The Bertz CT molecular complexity index is 2720. The maximum Gasteiger partial charge on any atom is 2.00 e. The molecule has 70 heavy (non-hydrogen) atoms. The van der Waals surface area contributed by atoms with Crippen LogP contribution in [0.15, 0.2) is 243 Å². The predicted molar refractivity (Wildman–Crippen MR) is 265 cm³/mol. The first-order valence-electron chi connectivity index (χ1n) is 21.0. The molecule has 0 aliphatic heterocycles. The molecule has 342 valence electrons. The molecule has 0 saturated carbocycles. The second kappa shape index (κ2) is 29.9. The first-order chi connectivity index (χ1) is 33.7. The number of benzene rings is 8. The summed E-state index contributed by atoms with van der Waals surface area (Å²) < 4.78 is 30.0. The van der Waals surface area contributed by atoms with E-state index in [-0.39, 0.29) is 46.1 Å². The van der Waals surface area contributed by atoms with Crippen LogP contribution in [0.5, 0.6) is 11.5 Å². The molecule has 8 heteroatoms.